The van der Waals surface area contributed by atoms with Crippen molar-refractivity contribution in [3.8, 4) is 0 Å². The molecule has 1 amide bonds. The Morgan fingerprint density at radius 3 is 2.68 bits per heavy atom. The molecule has 1 aliphatic carbocycles. The van der Waals surface area contributed by atoms with E-state index in [0.29, 0.717) is 23.1 Å². The molecule has 8 heteroatoms. The number of aryl methyl sites for hydroxylation is 3. The van der Waals surface area contributed by atoms with Crippen molar-refractivity contribution in [3.05, 3.63) is 27.2 Å². The third kappa shape index (κ3) is 2.82. The molecule has 2 fully saturated rings. The Labute approximate surface area is 162 Å². The molecule has 8 nitrogen and oxygen atoms in total. The van der Waals surface area contributed by atoms with Gasteiger partial charge in [-0.15, -0.1) is 0 Å². The summed E-state index contributed by atoms with van der Waals surface area (Å²) < 4.78 is 1.58. The van der Waals surface area contributed by atoms with E-state index < -0.39 is 12.0 Å². The van der Waals surface area contributed by atoms with E-state index in [-0.39, 0.29) is 29.8 Å². The number of nitrogens with zero attached hydrogens (tertiary/aromatic N) is 3. The predicted octanol–water partition coefficient (Wildman–Crippen LogP) is 1.67. The first-order valence-electron chi connectivity index (χ1n) is 9.88. The topological polar surface area (TPSA) is 108 Å². The van der Waals surface area contributed by atoms with Gasteiger partial charge in [-0.1, -0.05) is 12.8 Å². The summed E-state index contributed by atoms with van der Waals surface area (Å²) in [6.07, 6.45) is 4.60. The zero-order valence-electron chi connectivity index (χ0n) is 16.5. The van der Waals surface area contributed by atoms with Crippen molar-refractivity contribution in [2.75, 3.05) is 0 Å². The van der Waals surface area contributed by atoms with Gasteiger partial charge in [-0.05, 0) is 50.2 Å². The number of likely N-dealkylation sites (tertiary alicyclic amines) is 1. The highest BCUT2D eigenvalue weighted by Gasteiger charge is 2.47. The number of rotatable bonds is 3. The third-order valence-corrected chi connectivity index (χ3v) is 6.56. The van der Waals surface area contributed by atoms with Crippen LogP contribution >= 0.6 is 0 Å². The Bertz CT molecular complexity index is 1020. The van der Waals surface area contributed by atoms with Crippen LogP contribution in [-0.2, 0) is 23.1 Å². The Morgan fingerprint density at radius 1 is 1.25 bits per heavy atom. The van der Waals surface area contributed by atoms with Crippen LogP contribution in [0.3, 0.4) is 0 Å². The fourth-order valence-electron chi connectivity index (χ4n) is 5.19. The van der Waals surface area contributed by atoms with Crippen molar-refractivity contribution in [1.82, 2.24) is 19.7 Å². The van der Waals surface area contributed by atoms with Crippen LogP contribution in [0.15, 0.2) is 4.79 Å². The fraction of sp³-hybridized carbons (Fsp3) is 0.600. The molecule has 3 unspecified atom stereocenters. The molecule has 150 valence electrons. The van der Waals surface area contributed by atoms with Crippen molar-refractivity contribution in [3.63, 3.8) is 0 Å². The summed E-state index contributed by atoms with van der Waals surface area (Å²) in [5, 5.41) is 12.9. The van der Waals surface area contributed by atoms with E-state index in [2.05, 4.69) is 10.1 Å². The summed E-state index contributed by atoms with van der Waals surface area (Å²) in [5.41, 5.74) is 2.49. The van der Waals surface area contributed by atoms with E-state index >= 15 is 0 Å². The monoisotopic (exact) mass is 386 g/mol. The number of pyridine rings is 1. The number of fused-ring (bicyclic) bond motifs is 2. The number of carboxylic acid groups (broad SMARTS) is 1. The Morgan fingerprint density at radius 2 is 1.96 bits per heavy atom. The molecule has 3 atom stereocenters. The summed E-state index contributed by atoms with van der Waals surface area (Å²) in [6.45, 7) is 3.66. The maximum absolute atomic E-state index is 13.3. The van der Waals surface area contributed by atoms with Crippen molar-refractivity contribution in [1.29, 1.82) is 0 Å². The first-order chi connectivity index (χ1) is 13.3. The number of aliphatic carboxylic acids is 1. The van der Waals surface area contributed by atoms with Gasteiger partial charge in [0.1, 0.15) is 6.04 Å². The molecular formula is C20H26N4O4. The summed E-state index contributed by atoms with van der Waals surface area (Å²) in [6, 6.07) is -0.738. The van der Waals surface area contributed by atoms with Crippen molar-refractivity contribution >= 4 is 22.9 Å². The van der Waals surface area contributed by atoms with Crippen LogP contribution in [0.5, 0.6) is 0 Å². The fourth-order valence-corrected chi connectivity index (χ4v) is 5.19. The van der Waals surface area contributed by atoms with E-state index in [4.69, 9.17) is 0 Å². The number of H-pyrrole nitrogens is 1. The molecule has 3 heterocycles. The zero-order valence-corrected chi connectivity index (χ0v) is 16.5. The first kappa shape index (κ1) is 18.7. The summed E-state index contributed by atoms with van der Waals surface area (Å²) in [5.74, 6) is -0.829. The van der Waals surface area contributed by atoms with Crippen molar-refractivity contribution in [2.45, 2.75) is 64.5 Å². The normalized spacial score (nSPS) is 24.5. The van der Waals surface area contributed by atoms with Crippen LogP contribution in [0.2, 0.25) is 0 Å². The Balaban J connectivity index is 1.70. The molecule has 1 saturated carbocycles. The van der Waals surface area contributed by atoms with Crippen LogP contribution in [0.1, 0.15) is 48.9 Å². The predicted molar refractivity (Wildman–Crippen MR) is 103 cm³/mol. The minimum absolute atomic E-state index is 0.0137. The number of hydrogen-bond acceptors (Lipinski definition) is 4. The van der Waals surface area contributed by atoms with Crippen molar-refractivity contribution < 1.29 is 14.7 Å². The molecule has 2 N–H and O–H groups in total. The van der Waals surface area contributed by atoms with Crippen LogP contribution in [0, 0.1) is 19.8 Å². The first-order valence-corrected chi connectivity index (χ1v) is 9.88. The summed E-state index contributed by atoms with van der Waals surface area (Å²) in [7, 11) is 1.73. The van der Waals surface area contributed by atoms with E-state index in [1.54, 1.807) is 16.6 Å². The average Bonchev–Trinajstić information content (AvgIpc) is 3.16. The standard InChI is InChI=1S/C20H26N4O4/c1-10-13(11(2)21-18-17(10)19(26)22-23(18)3)9-16(25)24-14-7-5-4-6-12(14)8-15(24)20(27)28/h12,14-15H,4-9H2,1-3H3,(H,22,26)(H,27,28). The molecule has 2 aliphatic rings. The van der Waals surface area contributed by atoms with Gasteiger partial charge >= 0.3 is 5.97 Å². The minimum Gasteiger partial charge on any atom is -0.480 e. The highest BCUT2D eigenvalue weighted by Crippen LogP contribution is 2.40. The quantitative estimate of drug-likeness (QED) is 0.834. The molecular weight excluding hydrogens is 360 g/mol. The second kappa shape index (κ2) is 6.76. The molecule has 28 heavy (non-hydrogen) atoms. The molecule has 0 spiro atoms. The molecule has 1 aliphatic heterocycles. The van der Waals surface area contributed by atoms with E-state index in [9.17, 15) is 19.5 Å². The van der Waals surface area contributed by atoms with Gasteiger partial charge in [0.05, 0.1) is 11.8 Å². The lowest BCUT2D eigenvalue weighted by atomic mass is 9.84. The number of carbonyl (C=O) groups excluding carboxylic acids is 1. The highest BCUT2D eigenvalue weighted by atomic mass is 16.4. The summed E-state index contributed by atoms with van der Waals surface area (Å²) >= 11 is 0. The number of carboxylic acids is 1. The van der Waals surface area contributed by atoms with Crippen LogP contribution in [-0.4, -0.2) is 48.7 Å². The number of aromatic nitrogens is 3. The highest BCUT2D eigenvalue weighted by molar-refractivity contribution is 5.88. The van der Waals surface area contributed by atoms with Gasteiger partial charge in [0.25, 0.3) is 5.56 Å². The Hall–Kier alpha value is -2.64. The van der Waals surface area contributed by atoms with Gasteiger partial charge in [0.15, 0.2) is 5.65 Å². The Kier molecular flexibility index (Phi) is 4.51. The average molecular weight is 386 g/mol. The molecule has 0 aromatic carbocycles. The molecule has 0 radical (unpaired) electrons. The van der Waals surface area contributed by atoms with Gasteiger partial charge < -0.3 is 10.0 Å². The lowest BCUT2D eigenvalue weighted by Crippen LogP contribution is -2.47. The SMILES string of the molecule is Cc1nc2c(c(C)c1CC(=O)N1C(C(=O)O)CC3CCCCC31)c(=O)[nH]n2C. The number of amides is 1. The summed E-state index contributed by atoms with van der Waals surface area (Å²) in [4.78, 5) is 43.5. The van der Waals surface area contributed by atoms with Crippen molar-refractivity contribution in [2.24, 2.45) is 13.0 Å². The van der Waals surface area contributed by atoms with Gasteiger partial charge in [0.2, 0.25) is 5.91 Å². The minimum atomic E-state index is -0.927. The van der Waals surface area contributed by atoms with Crippen LogP contribution < -0.4 is 5.56 Å². The second-order valence-corrected chi connectivity index (χ2v) is 8.18. The van der Waals surface area contributed by atoms with Gasteiger partial charge in [-0.25, -0.2) is 9.78 Å². The van der Waals surface area contributed by atoms with Crippen LogP contribution in [0.25, 0.3) is 11.0 Å². The lowest BCUT2D eigenvalue weighted by Gasteiger charge is -2.33. The smallest absolute Gasteiger partial charge is 0.326 e. The molecule has 2 aromatic rings. The second-order valence-electron chi connectivity index (χ2n) is 8.18. The zero-order chi connectivity index (χ0) is 20.2. The molecule has 2 aromatic heterocycles. The van der Waals surface area contributed by atoms with Gasteiger partial charge in [0, 0.05) is 18.8 Å². The number of aromatic amines is 1. The van der Waals surface area contributed by atoms with Gasteiger partial charge in [-0.3, -0.25) is 19.4 Å². The van der Waals surface area contributed by atoms with E-state index in [1.165, 1.54) is 0 Å². The largest absolute Gasteiger partial charge is 0.480 e. The third-order valence-electron chi connectivity index (χ3n) is 6.56. The maximum atomic E-state index is 13.3. The maximum Gasteiger partial charge on any atom is 0.326 e. The van der Waals surface area contributed by atoms with E-state index in [0.717, 1.165) is 36.8 Å². The molecule has 0 bridgehead atoms. The van der Waals surface area contributed by atoms with E-state index in [1.807, 2.05) is 13.8 Å². The van der Waals surface area contributed by atoms with Gasteiger partial charge in [-0.2, -0.15) is 0 Å². The number of nitrogens with one attached hydrogen (secondary N) is 1. The molecule has 1 saturated heterocycles. The lowest BCUT2D eigenvalue weighted by molar-refractivity contribution is -0.149. The number of hydrogen-bond donors (Lipinski definition) is 2. The molecule has 4 rings (SSSR count). The number of carbonyl (C=O) groups is 2. The van der Waals surface area contributed by atoms with Crippen LogP contribution in [0.4, 0.5) is 0 Å².